The summed E-state index contributed by atoms with van der Waals surface area (Å²) < 4.78 is 7.87. The summed E-state index contributed by atoms with van der Waals surface area (Å²) in [4.78, 5) is 25.2. The Balaban J connectivity index is 1.60. The van der Waals surface area contributed by atoms with Crippen LogP contribution in [0.3, 0.4) is 0 Å². The van der Waals surface area contributed by atoms with Crippen molar-refractivity contribution in [2.45, 2.75) is 58.4 Å². The van der Waals surface area contributed by atoms with Gasteiger partial charge in [-0.25, -0.2) is 4.68 Å². The average molecular weight is 476 g/mol. The molecular weight excluding hydrogens is 442 g/mol. The number of nitrogens with one attached hydrogen (secondary N) is 2. The van der Waals surface area contributed by atoms with E-state index < -0.39 is 0 Å². The zero-order valence-electron chi connectivity index (χ0n) is 20.4. The lowest BCUT2D eigenvalue weighted by Gasteiger charge is -2.15. The minimum Gasteiger partial charge on any atom is -0.491 e. The summed E-state index contributed by atoms with van der Waals surface area (Å²) in [5, 5.41) is 14.4. The van der Waals surface area contributed by atoms with Crippen molar-refractivity contribution in [1.29, 1.82) is 0 Å². The van der Waals surface area contributed by atoms with Gasteiger partial charge in [0, 0.05) is 18.2 Å². The molecule has 0 radical (unpaired) electrons. The van der Waals surface area contributed by atoms with E-state index in [1.807, 2.05) is 31.2 Å². The minimum absolute atomic E-state index is 0.162. The van der Waals surface area contributed by atoms with Crippen LogP contribution in [0.1, 0.15) is 71.6 Å². The summed E-state index contributed by atoms with van der Waals surface area (Å²) in [6, 6.07) is 15.8. The summed E-state index contributed by atoms with van der Waals surface area (Å²) in [6.45, 7) is 4.96. The van der Waals surface area contributed by atoms with Crippen LogP contribution < -0.4 is 15.4 Å². The van der Waals surface area contributed by atoms with Crippen molar-refractivity contribution in [3.05, 3.63) is 71.0 Å². The molecule has 1 saturated carbocycles. The Labute approximate surface area is 206 Å². The molecule has 8 nitrogen and oxygen atoms in total. The van der Waals surface area contributed by atoms with Crippen LogP contribution in [0.4, 0.5) is 0 Å². The summed E-state index contributed by atoms with van der Waals surface area (Å²) in [5.41, 5.74) is 3.52. The molecule has 0 aliphatic heterocycles. The van der Waals surface area contributed by atoms with E-state index in [0.717, 1.165) is 37.8 Å². The van der Waals surface area contributed by atoms with Crippen molar-refractivity contribution < 1.29 is 14.3 Å². The van der Waals surface area contributed by atoms with E-state index in [9.17, 15) is 9.59 Å². The van der Waals surface area contributed by atoms with Gasteiger partial charge in [0.05, 0.1) is 12.3 Å². The third-order valence-electron chi connectivity index (χ3n) is 5.88. The molecule has 4 rings (SSSR count). The second-order valence-corrected chi connectivity index (χ2v) is 8.77. The van der Waals surface area contributed by atoms with Crippen LogP contribution in [0.25, 0.3) is 5.69 Å². The van der Waals surface area contributed by atoms with Crippen molar-refractivity contribution in [1.82, 2.24) is 25.6 Å². The van der Waals surface area contributed by atoms with E-state index in [0.29, 0.717) is 42.3 Å². The number of nitrogens with zero attached hydrogens (tertiary/aromatic N) is 3. The monoisotopic (exact) mass is 475 g/mol. The van der Waals surface area contributed by atoms with Gasteiger partial charge >= 0.3 is 0 Å². The van der Waals surface area contributed by atoms with Gasteiger partial charge in [-0.1, -0.05) is 48.9 Å². The van der Waals surface area contributed by atoms with E-state index in [-0.39, 0.29) is 17.9 Å². The lowest BCUT2D eigenvalue weighted by atomic mass is 10.1. The second kappa shape index (κ2) is 11.6. The molecule has 2 aromatic carbocycles. The maximum absolute atomic E-state index is 12.8. The Morgan fingerprint density at radius 1 is 1.06 bits per heavy atom. The van der Waals surface area contributed by atoms with Crippen molar-refractivity contribution in [2.75, 3.05) is 13.2 Å². The van der Waals surface area contributed by atoms with Crippen LogP contribution in [0.5, 0.6) is 5.75 Å². The molecule has 2 N–H and O–H groups in total. The number of benzene rings is 2. The molecule has 2 amide bonds. The lowest BCUT2D eigenvalue weighted by molar-refractivity contribution is 0.0940. The molecule has 1 aliphatic rings. The van der Waals surface area contributed by atoms with Crippen molar-refractivity contribution in [3.63, 3.8) is 0 Å². The Hall–Kier alpha value is -3.68. The first-order valence-electron chi connectivity index (χ1n) is 12.5. The van der Waals surface area contributed by atoms with Crippen LogP contribution in [0.15, 0.2) is 48.5 Å². The van der Waals surface area contributed by atoms with Crippen molar-refractivity contribution in [2.24, 2.45) is 0 Å². The van der Waals surface area contributed by atoms with Gasteiger partial charge in [-0.05, 0) is 62.8 Å². The molecule has 0 unspecified atom stereocenters. The van der Waals surface area contributed by atoms with Gasteiger partial charge in [-0.15, -0.1) is 5.10 Å². The van der Waals surface area contributed by atoms with Crippen LogP contribution in [-0.2, 0) is 12.8 Å². The van der Waals surface area contributed by atoms with Gasteiger partial charge in [0.1, 0.15) is 11.4 Å². The highest BCUT2D eigenvalue weighted by molar-refractivity contribution is 5.95. The smallest absolute Gasteiger partial charge is 0.273 e. The Bertz CT molecular complexity index is 1150. The summed E-state index contributed by atoms with van der Waals surface area (Å²) in [7, 11) is 0. The third-order valence-corrected chi connectivity index (χ3v) is 5.88. The molecule has 1 aliphatic carbocycles. The highest BCUT2D eigenvalue weighted by Gasteiger charge is 2.28. The number of carbonyl (C=O) groups excluding carboxylic acids is 2. The van der Waals surface area contributed by atoms with Crippen LogP contribution in [0.2, 0.25) is 0 Å². The van der Waals surface area contributed by atoms with Crippen LogP contribution in [0, 0.1) is 0 Å². The molecule has 184 valence electrons. The highest BCUT2D eigenvalue weighted by Crippen LogP contribution is 2.28. The molecule has 0 atom stereocenters. The largest absolute Gasteiger partial charge is 0.491 e. The van der Waals surface area contributed by atoms with E-state index in [1.54, 1.807) is 16.8 Å². The molecule has 1 aromatic heterocycles. The molecule has 3 aromatic rings. The summed E-state index contributed by atoms with van der Waals surface area (Å²) in [5.74, 6) is 0.190. The quantitative estimate of drug-likeness (QED) is 0.388. The first kappa shape index (κ1) is 24.4. The predicted octanol–water partition coefficient (Wildman–Crippen LogP) is 3.87. The molecule has 1 fully saturated rings. The van der Waals surface area contributed by atoms with Crippen molar-refractivity contribution in [3.8, 4) is 11.4 Å². The van der Waals surface area contributed by atoms with Crippen molar-refractivity contribution >= 4 is 11.8 Å². The number of aryl methyl sites for hydroxylation is 1. The predicted molar refractivity (Wildman–Crippen MR) is 134 cm³/mol. The van der Waals surface area contributed by atoms with Gasteiger partial charge < -0.3 is 15.4 Å². The average Bonchev–Trinajstić information content (AvgIpc) is 3.59. The fourth-order valence-corrected chi connectivity index (χ4v) is 3.93. The molecule has 1 heterocycles. The molecule has 0 bridgehead atoms. The fraction of sp³-hybridized carbons (Fsp3) is 0.407. The number of ether oxygens (including phenoxy) is 1. The van der Waals surface area contributed by atoms with Gasteiger partial charge in [0.15, 0.2) is 5.69 Å². The molecule has 8 heteroatoms. The Kier molecular flexibility index (Phi) is 8.13. The number of amides is 2. The molecular formula is C27H33N5O3. The number of aromatic nitrogens is 3. The zero-order chi connectivity index (χ0) is 24.6. The van der Waals surface area contributed by atoms with E-state index >= 15 is 0 Å². The standard InChI is InChI=1S/C27H33N5O3/c1-3-9-23-25(27(34)29-21-14-15-21)30-31-32(23)22-16-13-20(26(33)28-4-2)18-24(22)35-17-8-12-19-10-6-5-7-11-19/h5-7,10-11,13,16,18,21H,3-4,8-9,12,14-15,17H2,1-2H3,(H,28,33)(H,29,34). The summed E-state index contributed by atoms with van der Waals surface area (Å²) >= 11 is 0. The van der Waals surface area contributed by atoms with Gasteiger partial charge in [0.25, 0.3) is 11.8 Å². The maximum atomic E-state index is 12.8. The zero-order valence-corrected chi connectivity index (χ0v) is 20.4. The number of hydrogen-bond donors (Lipinski definition) is 2. The lowest BCUT2D eigenvalue weighted by Crippen LogP contribution is -2.27. The fourth-order valence-electron chi connectivity index (χ4n) is 3.93. The number of rotatable bonds is 12. The number of hydrogen-bond acceptors (Lipinski definition) is 5. The third kappa shape index (κ3) is 6.26. The molecule has 0 spiro atoms. The van der Waals surface area contributed by atoms with Crippen LogP contribution in [-0.4, -0.2) is 46.0 Å². The van der Waals surface area contributed by atoms with Gasteiger partial charge in [-0.2, -0.15) is 0 Å². The Morgan fingerprint density at radius 3 is 2.57 bits per heavy atom. The normalized spacial score (nSPS) is 12.9. The minimum atomic E-state index is -0.188. The summed E-state index contributed by atoms with van der Waals surface area (Å²) in [6.07, 6.45) is 5.20. The maximum Gasteiger partial charge on any atom is 0.273 e. The first-order chi connectivity index (χ1) is 17.1. The SMILES string of the molecule is CCCc1c(C(=O)NC2CC2)nnn1-c1ccc(C(=O)NCC)cc1OCCCc1ccccc1. The topological polar surface area (TPSA) is 98.1 Å². The molecule has 35 heavy (non-hydrogen) atoms. The first-order valence-corrected chi connectivity index (χ1v) is 12.5. The van der Waals surface area contributed by atoms with E-state index in [1.165, 1.54) is 5.56 Å². The molecule has 0 saturated heterocycles. The Morgan fingerprint density at radius 2 is 1.86 bits per heavy atom. The number of carbonyl (C=O) groups is 2. The van der Waals surface area contributed by atoms with Gasteiger partial charge in [0.2, 0.25) is 0 Å². The van der Waals surface area contributed by atoms with E-state index in [2.05, 4.69) is 40.0 Å². The van der Waals surface area contributed by atoms with Crippen LogP contribution >= 0.6 is 0 Å². The second-order valence-electron chi connectivity index (χ2n) is 8.77. The van der Waals surface area contributed by atoms with E-state index in [4.69, 9.17) is 4.74 Å². The van der Waals surface area contributed by atoms with Gasteiger partial charge in [-0.3, -0.25) is 9.59 Å². The highest BCUT2D eigenvalue weighted by atomic mass is 16.5.